The number of nitrogens with zero attached hydrogens (tertiary/aromatic N) is 1. The number of hydrogen-bond acceptors (Lipinski definition) is 3. The van der Waals surface area contributed by atoms with E-state index in [4.69, 9.17) is 4.74 Å². The van der Waals surface area contributed by atoms with Crippen molar-refractivity contribution >= 4 is 0 Å². The Morgan fingerprint density at radius 3 is 2.63 bits per heavy atom. The molecule has 102 valence electrons. The van der Waals surface area contributed by atoms with Crippen LogP contribution in [0, 0.1) is 11.3 Å². The Balaban J connectivity index is 1.79. The lowest BCUT2D eigenvalue weighted by Gasteiger charge is -2.43. The predicted molar refractivity (Wildman–Crippen MR) is 75.8 cm³/mol. The van der Waals surface area contributed by atoms with Crippen molar-refractivity contribution in [3.8, 4) is 6.07 Å². The number of benzene rings is 1. The van der Waals surface area contributed by atoms with Gasteiger partial charge in [-0.15, -0.1) is 0 Å². The molecule has 19 heavy (non-hydrogen) atoms. The molecule has 0 radical (unpaired) electrons. The quantitative estimate of drug-likeness (QED) is 0.798. The van der Waals surface area contributed by atoms with Crippen molar-refractivity contribution in [3.63, 3.8) is 0 Å². The molecule has 0 aliphatic heterocycles. The molecule has 0 unspecified atom stereocenters. The van der Waals surface area contributed by atoms with E-state index in [9.17, 15) is 5.26 Å². The maximum absolute atomic E-state index is 9.45. The molecule has 3 heteroatoms. The zero-order valence-corrected chi connectivity index (χ0v) is 11.7. The van der Waals surface area contributed by atoms with Gasteiger partial charge in [0.15, 0.2) is 0 Å². The first-order valence-electron chi connectivity index (χ1n) is 6.98. The van der Waals surface area contributed by atoms with Crippen LogP contribution in [-0.2, 0) is 10.2 Å². The van der Waals surface area contributed by atoms with Gasteiger partial charge in [-0.25, -0.2) is 0 Å². The summed E-state index contributed by atoms with van der Waals surface area (Å²) in [5, 5.41) is 12.9. The summed E-state index contributed by atoms with van der Waals surface area (Å²) in [5.74, 6) is 0. The summed E-state index contributed by atoms with van der Waals surface area (Å²) >= 11 is 0. The van der Waals surface area contributed by atoms with Crippen LogP contribution in [0.25, 0.3) is 0 Å². The van der Waals surface area contributed by atoms with Crippen molar-refractivity contribution in [3.05, 3.63) is 35.9 Å². The van der Waals surface area contributed by atoms with Crippen LogP contribution in [0.3, 0.4) is 0 Å². The van der Waals surface area contributed by atoms with Gasteiger partial charge in [0.05, 0.1) is 24.2 Å². The molecule has 1 aromatic rings. The third-order valence-corrected chi connectivity index (χ3v) is 3.72. The Bertz CT molecular complexity index is 430. The molecule has 1 fully saturated rings. The van der Waals surface area contributed by atoms with Gasteiger partial charge in [-0.3, -0.25) is 0 Å². The SMILES string of the molecule is CC(C)OCCNC1CC(C#N)(c2ccccc2)C1. The summed E-state index contributed by atoms with van der Waals surface area (Å²) in [4.78, 5) is 0. The number of hydrogen-bond donors (Lipinski definition) is 1. The second-order valence-electron chi connectivity index (χ2n) is 5.54. The molecule has 0 amide bonds. The normalized spacial score (nSPS) is 25.9. The lowest BCUT2D eigenvalue weighted by molar-refractivity contribution is 0.0751. The first kappa shape index (κ1) is 14.0. The standard InChI is InChI=1S/C16H22N2O/c1-13(2)19-9-8-18-15-10-16(11-15,12-17)14-6-4-3-5-7-14/h3-7,13,15,18H,8-11H2,1-2H3. The van der Waals surface area contributed by atoms with Crippen molar-refractivity contribution in [2.24, 2.45) is 0 Å². The Kier molecular flexibility index (Phi) is 4.57. The number of nitriles is 1. The van der Waals surface area contributed by atoms with Crippen molar-refractivity contribution in [2.75, 3.05) is 13.2 Å². The van der Waals surface area contributed by atoms with E-state index in [1.807, 2.05) is 32.0 Å². The third-order valence-electron chi connectivity index (χ3n) is 3.72. The second kappa shape index (κ2) is 6.18. The van der Waals surface area contributed by atoms with E-state index in [2.05, 4.69) is 23.5 Å². The molecule has 1 aliphatic rings. The van der Waals surface area contributed by atoms with Crippen LogP contribution in [0.1, 0.15) is 32.3 Å². The predicted octanol–water partition coefficient (Wildman–Crippen LogP) is 2.62. The van der Waals surface area contributed by atoms with E-state index in [0.717, 1.165) is 31.6 Å². The van der Waals surface area contributed by atoms with Crippen LogP contribution in [-0.4, -0.2) is 25.3 Å². The van der Waals surface area contributed by atoms with E-state index in [1.54, 1.807) is 0 Å². The molecule has 0 spiro atoms. The topological polar surface area (TPSA) is 45.0 Å². The summed E-state index contributed by atoms with van der Waals surface area (Å²) < 4.78 is 5.50. The summed E-state index contributed by atoms with van der Waals surface area (Å²) in [6.45, 7) is 5.68. The second-order valence-corrected chi connectivity index (χ2v) is 5.54. The average molecular weight is 258 g/mol. The van der Waals surface area contributed by atoms with Crippen LogP contribution >= 0.6 is 0 Å². The van der Waals surface area contributed by atoms with Gasteiger partial charge in [0.2, 0.25) is 0 Å². The third kappa shape index (κ3) is 3.34. The summed E-state index contributed by atoms with van der Waals surface area (Å²) in [6, 6.07) is 13.1. The van der Waals surface area contributed by atoms with E-state index in [1.165, 1.54) is 0 Å². The molecule has 0 bridgehead atoms. The molecule has 0 aromatic heterocycles. The Labute approximate surface area is 115 Å². The fourth-order valence-corrected chi connectivity index (χ4v) is 2.63. The lowest BCUT2D eigenvalue weighted by Crippen LogP contribution is -2.51. The van der Waals surface area contributed by atoms with Crippen LogP contribution in [0.5, 0.6) is 0 Å². The van der Waals surface area contributed by atoms with E-state index in [-0.39, 0.29) is 11.5 Å². The van der Waals surface area contributed by atoms with E-state index >= 15 is 0 Å². The van der Waals surface area contributed by atoms with Crippen LogP contribution in [0.4, 0.5) is 0 Å². The molecule has 0 atom stereocenters. The van der Waals surface area contributed by atoms with Crippen LogP contribution < -0.4 is 5.32 Å². The van der Waals surface area contributed by atoms with Crippen molar-refractivity contribution in [1.82, 2.24) is 5.32 Å². The number of nitrogens with one attached hydrogen (secondary N) is 1. The fraction of sp³-hybridized carbons (Fsp3) is 0.562. The lowest BCUT2D eigenvalue weighted by atomic mass is 9.62. The molecule has 1 N–H and O–H groups in total. The van der Waals surface area contributed by atoms with Gasteiger partial charge in [0, 0.05) is 12.6 Å². The highest BCUT2D eigenvalue weighted by molar-refractivity contribution is 5.36. The van der Waals surface area contributed by atoms with Gasteiger partial charge < -0.3 is 10.1 Å². The molecule has 0 heterocycles. The highest BCUT2D eigenvalue weighted by Gasteiger charge is 2.45. The van der Waals surface area contributed by atoms with E-state index < -0.39 is 0 Å². The minimum atomic E-state index is -0.280. The summed E-state index contributed by atoms with van der Waals surface area (Å²) in [5.41, 5.74) is 0.867. The minimum absolute atomic E-state index is 0.280. The van der Waals surface area contributed by atoms with Gasteiger partial charge in [0.1, 0.15) is 0 Å². The maximum atomic E-state index is 9.45. The van der Waals surface area contributed by atoms with Gasteiger partial charge >= 0.3 is 0 Å². The van der Waals surface area contributed by atoms with Crippen molar-refractivity contribution < 1.29 is 4.74 Å². The Hall–Kier alpha value is -1.37. The molecular formula is C16H22N2O. The molecular weight excluding hydrogens is 236 g/mol. The first-order valence-corrected chi connectivity index (χ1v) is 6.98. The fourth-order valence-electron chi connectivity index (χ4n) is 2.63. The highest BCUT2D eigenvalue weighted by atomic mass is 16.5. The van der Waals surface area contributed by atoms with E-state index in [0.29, 0.717) is 6.04 Å². The van der Waals surface area contributed by atoms with Crippen molar-refractivity contribution in [1.29, 1.82) is 5.26 Å². The molecule has 1 aliphatic carbocycles. The highest BCUT2D eigenvalue weighted by Crippen LogP contribution is 2.43. The first-order chi connectivity index (χ1) is 9.16. The molecule has 2 rings (SSSR count). The van der Waals surface area contributed by atoms with Gasteiger partial charge in [-0.1, -0.05) is 30.3 Å². The molecule has 3 nitrogen and oxygen atoms in total. The zero-order chi connectivity index (χ0) is 13.7. The molecule has 1 aromatic carbocycles. The Morgan fingerprint density at radius 2 is 2.05 bits per heavy atom. The number of ether oxygens (including phenoxy) is 1. The van der Waals surface area contributed by atoms with Gasteiger partial charge in [0.25, 0.3) is 0 Å². The molecule has 0 saturated heterocycles. The number of rotatable bonds is 6. The monoisotopic (exact) mass is 258 g/mol. The Morgan fingerprint density at radius 1 is 1.37 bits per heavy atom. The molecule has 1 saturated carbocycles. The largest absolute Gasteiger partial charge is 0.377 e. The summed E-state index contributed by atoms with van der Waals surface area (Å²) in [7, 11) is 0. The zero-order valence-electron chi connectivity index (χ0n) is 11.7. The van der Waals surface area contributed by atoms with Crippen molar-refractivity contribution in [2.45, 2.75) is 44.2 Å². The van der Waals surface area contributed by atoms with Crippen LogP contribution in [0.15, 0.2) is 30.3 Å². The van der Waals surface area contributed by atoms with Gasteiger partial charge in [-0.05, 0) is 32.3 Å². The summed E-state index contributed by atoms with van der Waals surface area (Å²) in [6.07, 6.45) is 2.08. The minimum Gasteiger partial charge on any atom is -0.377 e. The smallest absolute Gasteiger partial charge is 0.0852 e. The average Bonchev–Trinajstić information content (AvgIpc) is 2.37. The van der Waals surface area contributed by atoms with Gasteiger partial charge in [-0.2, -0.15) is 5.26 Å². The maximum Gasteiger partial charge on any atom is 0.0852 e. The van der Waals surface area contributed by atoms with Crippen LogP contribution in [0.2, 0.25) is 0 Å².